The summed E-state index contributed by atoms with van der Waals surface area (Å²) in [4.78, 5) is 0. The maximum Gasteiger partial charge on any atom is 0.0669 e. The molecular formula is C15H14N2. The summed E-state index contributed by atoms with van der Waals surface area (Å²) in [7, 11) is 0. The first-order valence-corrected chi connectivity index (χ1v) is 5.58. The fourth-order valence-corrected chi connectivity index (χ4v) is 1.84. The van der Waals surface area contributed by atoms with Gasteiger partial charge in [-0.3, -0.25) is 0 Å². The summed E-state index contributed by atoms with van der Waals surface area (Å²) < 4.78 is 0. The highest BCUT2D eigenvalue weighted by atomic mass is 14.5. The van der Waals surface area contributed by atoms with E-state index in [1.54, 1.807) is 0 Å². The Morgan fingerprint density at radius 2 is 1.59 bits per heavy atom. The smallest absolute Gasteiger partial charge is 0.0669 e. The average Bonchev–Trinajstić information content (AvgIpc) is 2.35. The van der Waals surface area contributed by atoms with Gasteiger partial charge in [-0.1, -0.05) is 36.4 Å². The van der Waals surface area contributed by atoms with Gasteiger partial charge in [-0.2, -0.15) is 5.26 Å². The predicted molar refractivity (Wildman–Crippen MR) is 69.4 cm³/mol. The van der Waals surface area contributed by atoms with E-state index in [-0.39, 0.29) is 0 Å². The Bertz CT molecular complexity index is 536. The molecule has 0 saturated carbocycles. The first kappa shape index (κ1) is 11.2. The maximum atomic E-state index is 8.78. The Balaban J connectivity index is 2.24. The second-order valence-corrected chi connectivity index (χ2v) is 4.02. The van der Waals surface area contributed by atoms with Gasteiger partial charge in [-0.25, -0.2) is 0 Å². The minimum Gasteiger partial charge on any atom is -0.399 e. The Morgan fingerprint density at radius 1 is 0.941 bits per heavy atom. The molecule has 0 bridgehead atoms. The van der Waals surface area contributed by atoms with Crippen molar-refractivity contribution in [3.8, 4) is 6.07 Å². The van der Waals surface area contributed by atoms with Gasteiger partial charge in [-0.05, 0) is 35.2 Å². The summed E-state index contributed by atoms with van der Waals surface area (Å²) in [5.74, 6) is 0. The van der Waals surface area contributed by atoms with Crippen LogP contribution in [0.3, 0.4) is 0 Å². The average molecular weight is 222 g/mol. The van der Waals surface area contributed by atoms with Crippen molar-refractivity contribution in [3.05, 3.63) is 65.2 Å². The molecule has 0 amide bonds. The molecule has 0 saturated heterocycles. The SMILES string of the molecule is N#CCc1ccccc1Cc1ccc(N)cc1. The normalized spacial score (nSPS) is 9.82. The molecular weight excluding hydrogens is 208 g/mol. The zero-order chi connectivity index (χ0) is 12.1. The molecule has 0 spiro atoms. The third-order valence-corrected chi connectivity index (χ3v) is 2.76. The molecule has 0 heterocycles. The van der Waals surface area contributed by atoms with Gasteiger partial charge in [0.25, 0.3) is 0 Å². The summed E-state index contributed by atoms with van der Waals surface area (Å²) >= 11 is 0. The van der Waals surface area contributed by atoms with Crippen LogP contribution >= 0.6 is 0 Å². The Morgan fingerprint density at radius 3 is 2.24 bits per heavy atom. The van der Waals surface area contributed by atoms with Gasteiger partial charge in [0.15, 0.2) is 0 Å². The second kappa shape index (κ2) is 5.18. The lowest BCUT2D eigenvalue weighted by atomic mass is 9.98. The van der Waals surface area contributed by atoms with Crippen LogP contribution in [0.4, 0.5) is 5.69 Å². The van der Waals surface area contributed by atoms with Crippen molar-refractivity contribution in [2.75, 3.05) is 5.73 Å². The van der Waals surface area contributed by atoms with Crippen molar-refractivity contribution in [2.45, 2.75) is 12.8 Å². The van der Waals surface area contributed by atoms with Gasteiger partial charge in [0.05, 0.1) is 12.5 Å². The zero-order valence-corrected chi connectivity index (χ0v) is 9.56. The minimum absolute atomic E-state index is 0.463. The molecule has 0 aliphatic heterocycles. The third kappa shape index (κ3) is 2.85. The topological polar surface area (TPSA) is 49.8 Å². The van der Waals surface area contributed by atoms with Crippen molar-refractivity contribution < 1.29 is 0 Å². The molecule has 0 fully saturated rings. The van der Waals surface area contributed by atoms with E-state index >= 15 is 0 Å². The number of nitriles is 1. The fraction of sp³-hybridized carbons (Fsp3) is 0.133. The summed E-state index contributed by atoms with van der Waals surface area (Å²) in [6.07, 6.45) is 1.31. The molecule has 2 aromatic rings. The summed E-state index contributed by atoms with van der Waals surface area (Å²) in [6.45, 7) is 0. The number of benzene rings is 2. The monoisotopic (exact) mass is 222 g/mol. The molecule has 0 aromatic heterocycles. The highest BCUT2D eigenvalue weighted by molar-refractivity contribution is 5.41. The van der Waals surface area contributed by atoms with E-state index in [4.69, 9.17) is 11.0 Å². The van der Waals surface area contributed by atoms with Crippen LogP contribution in [0, 0.1) is 11.3 Å². The molecule has 17 heavy (non-hydrogen) atoms. The van der Waals surface area contributed by atoms with Gasteiger partial charge in [0.1, 0.15) is 0 Å². The number of hydrogen-bond acceptors (Lipinski definition) is 2. The fourth-order valence-electron chi connectivity index (χ4n) is 1.84. The van der Waals surface area contributed by atoms with E-state index in [0.29, 0.717) is 6.42 Å². The third-order valence-electron chi connectivity index (χ3n) is 2.76. The van der Waals surface area contributed by atoms with Crippen LogP contribution in [0.25, 0.3) is 0 Å². The van der Waals surface area contributed by atoms with Crippen molar-refractivity contribution in [2.24, 2.45) is 0 Å². The second-order valence-electron chi connectivity index (χ2n) is 4.02. The van der Waals surface area contributed by atoms with Crippen LogP contribution in [0.1, 0.15) is 16.7 Å². The highest BCUT2D eigenvalue weighted by Gasteiger charge is 2.02. The highest BCUT2D eigenvalue weighted by Crippen LogP contribution is 2.15. The maximum absolute atomic E-state index is 8.78. The van der Waals surface area contributed by atoms with Crippen molar-refractivity contribution in [1.82, 2.24) is 0 Å². The largest absolute Gasteiger partial charge is 0.399 e. The Kier molecular flexibility index (Phi) is 3.42. The van der Waals surface area contributed by atoms with E-state index < -0.39 is 0 Å². The molecule has 2 heteroatoms. The zero-order valence-electron chi connectivity index (χ0n) is 9.56. The van der Waals surface area contributed by atoms with Gasteiger partial charge < -0.3 is 5.73 Å². The van der Waals surface area contributed by atoms with E-state index in [2.05, 4.69) is 12.1 Å². The molecule has 0 atom stereocenters. The lowest BCUT2D eigenvalue weighted by molar-refractivity contribution is 1.12. The van der Waals surface area contributed by atoms with E-state index in [9.17, 15) is 0 Å². The van der Waals surface area contributed by atoms with E-state index in [0.717, 1.165) is 17.7 Å². The predicted octanol–water partition coefficient (Wildman–Crippen LogP) is 2.93. The van der Waals surface area contributed by atoms with Crippen molar-refractivity contribution in [1.29, 1.82) is 5.26 Å². The van der Waals surface area contributed by atoms with Gasteiger partial charge >= 0.3 is 0 Å². The molecule has 2 rings (SSSR count). The van der Waals surface area contributed by atoms with E-state index in [1.165, 1.54) is 11.1 Å². The van der Waals surface area contributed by atoms with Crippen LogP contribution in [-0.2, 0) is 12.8 Å². The Labute approximate surface area is 101 Å². The van der Waals surface area contributed by atoms with Crippen molar-refractivity contribution >= 4 is 5.69 Å². The minimum atomic E-state index is 0.463. The van der Waals surface area contributed by atoms with Gasteiger partial charge in [0.2, 0.25) is 0 Å². The molecule has 0 aliphatic carbocycles. The lowest BCUT2D eigenvalue weighted by Crippen LogP contribution is -1.95. The molecule has 2 aromatic carbocycles. The van der Waals surface area contributed by atoms with Gasteiger partial charge in [-0.15, -0.1) is 0 Å². The molecule has 2 nitrogen and oxygen atoms in total. The molecule has 84 valence electrons. The summed E-state index contributed by atoms with van der Waals surface area (Å²) in [5.41, 5.74) is 9.95. The molecule has 0 radical (unpaired) electrons. The number of rotatable bonds is 3. The van der Waals surface area contributed by atoms with Crippen LogP contribution in [0.15, 0.2) is 48.5 Å². The molecule has 0 unspecified atom stereocenters. The number of hydrogen-bond donors (Lipinski definition) is 1. The summed E-state index contributed by atoms with van der Waals surface area (Å²) in [6, 6.07) is 18.1. The first-order valence-electron chi connectivity index (χ1n) is 5.58. The van der Waals surface area contributed by atoms with Crippen LogP contribution in [-0.4, -0.2) is 0 Å². The van der Waals surface area contributed by atoms with Crippen LogP contribution in [0.2, 0.25) is 0 Å². The Hall–Kier alpha value is -2.27. The number of nitrogens with two attached hydrogens (primary N) is 1. The lowest BCUT2D eigenvalue weighted by Gasteiger charge is -2.07. The number of nitrogens with zero attached hydrogens (tertiary/aromatic N) is 1. The van der Waals surface area contributed by atoms with Crippen LogP contribution < -0.4 is 5.73 Å². The van der Waals surface area contributed by atoms with Crippen molar-refractivity contribution in [3.63, 3.8) is 0 Å². The quantitative estimate of drug-likeness (QED) is 0.812. The number of anilines is 1. The standard InChI is InChI=1S/C15H14N2/c16-10-9-13-3-1-2-4-14(13)11-12-5-7-15(17)8-6-12/h1-8H,9,11,17H2. The van der Waals surface area contributed by atoms with Gasteiger partial charge in [0, 0.05) is 5.69 Å². The number of nitrogen functional groups attached to an aromatic ring is 1. The summed E-state index contributed by atoms with van der Waals surface area (Å²) in [5, 5.41) is 8.78. The molecule has 0 aliphatic rings. The first-order chi connectivity index (χ1) is 8.29. The van der Waals surface area contributed by atoms with Crippen LogP contribution in [0.5, 0.6) is 0 Å². The van der Waals surface area contributed by atoms with E-state index in [1.807, 2.05) is 42.5 Å². The molecule has 2 N–H and O–H groups in total.